The highest BCUT2D eigenvalue weighted by Crippen LogP contribution is 2.40. The van der Waals surface area contributed by atoms with Gasteiger partial charge in [0.25, 0.3) is 0 Å². The van der Waals surface area contributed by atoms with E-state index in [2.05, 4.69) is 86.4 Å². The van der Waals surface area contributed by atoms with Crippen molar-refractivity contribution < 1.29 is 0 Å². The molecule has 1 aliphatic carbocycles. The lowest BCUT2D eigenvalue weighted by molar-refractivity contribution is 1.59. The van der Waals surface area contributed by atoms with Crippen molar-refractivity contribution >= 4 is 24.9 Å². The van der Waals surface area contributed by atoms with Crippen LogP contribution in [0.4, 0.5) is 0 Å². The number of hydrogen-bond donors (Lipinski definition) is 0. The topological polar surface area (TPSA) is 0 Å². The molecule has 0 bridgehead atoms. The molecule has 2 aromatic rings. The van der Waals surface area contributed by atoms with Crippen LogP contribution in [0, 0.1) is 0 Å². The summed E-state index contributed by atoms with van der Waals surface area (Å²) in [5.41, 5.74) is 5.44. The average molecular weight is 276 g/mol. The van der Waals surface area contributed by atoms with E-state index < -0.39 is 8.07 Å². The van der Waals surface area contributed by atoms with Gasteiger partial charge < -0.3 is 0 Å². The third kappa shape index (κ3) is 2.41. The summed E-state index contributed by atoms with van der Waals surface area (Å²) >= 11 is 0. The molecule has 0 fully saturated rings. The first-order valence-electron chi connectivity index (χ1n) is 7.14. The Morgan fingerprint density at radius 2 is 1.35 bits per heavy atom. The number of hydrogen-bond acceptors (Lipinski definition) is 0. The van der Waals surface area contributed by atoms with Crippen LogP contribution in [0.2, 0.25) is 19.6 Å². The van der Waals surface area contributed by atoms with E-state index in [0.717, 1.165) is 0 Å². The maximum absolute atomic E-state index is 2.42. The van der Waals surface area contributed by atoms with E-state index in [1.165, 1.54) is 22.3 Å². The smallest absolute Gasteiger partial charge is 0.0656 e. The van der Waals surface area contributed by atoms with Crippen LogP contribution in [0.15, 0.2) is 60.7 Å². The number of allylic oxidation sites excluding steroid dienone is 2. The first kappa shape index (κ1) is 13.1. The minimum Gasteiger partial charge on any atom is -0.0656 e. The first-order chi connectivity index (χ1) is 9.55. The maximum Gasteiger partial charge on any atom is 0.0784 e. The Balaban J connectivity index is 2.14. The molecule has 0 radical (unpaired) electrons. The normalized spacial score (nSPS) is 16.1. The largest absolute Gasteiger partial charge is 0.0784 e. The molecule has 0 nitrogen and oxygen atoms in total. The molecule has 0 aromatic heterocycles. The highest BCUT2D eigenvalue weighted by atomic mass is 28.3. The average Bonchev–Trinajstić information content (AvgIpc) is 2.79. The second kappa shape index (κ2) is 4.91. The number of benzene rings is 2. The van der Waals surface area contributed by atoms with Gasteiger partial charge in [-0.25, -0.2) is 0 Å². The van der Waals surface area contributed by atoms with Crippen molar-refractivity contribution in [2.75, 3.05) is 0 Å². The predicted octanol–water partition coefficient (Wildman–Crippen LogP) is 5.50. The Hall–Kier alpha value is -1.86. The Labute approximate surface area is 122 Å². The maximum atomic E-state index is 2.42. The fraction of sp³-hybridized carbons (Fsp3) is 0.158. The zero-order valence-electron chi connectivity index (χ0n) is 12.4. The SMILES string of the molecule is C[Si](C)(C)C1=CC(=Cc2ccccc2)c2ccccc21. The van der Waals surface area contributed by atoms with Crippen LogP contribution < -0.4 is 0 Å². The van der Waals surface area contributed by atoms with Gasteiger partial charge in [-0.2, -0.15) is 0 Å². The van der Waals surface area contributed by atoms with Crippen LogP contribution in [0.1, 0.15) is 16.7 Å². The second-order valence-electron chi connectivity index (χ2n) is 6.36. The first-order valence-corrected chi connectivity index (χ1v) is 10.6. The highest BCUT2D eigenvalue weighted by Gasteiger charge is 2.27. The predicted molar refractivity (Wildman–Crippen MR) is 92.1 cm³/mol. The summed E-state index contributed by atoms with van der Waals surface area (Å²) in [5, 5.41) is 1.57. The van der Waals surface area contributed by atoms with Crippen molar-refractivity contribution in [1.29, 1.82) is 0 Å². The number of rotatable bonds is 2. The molecule has 0 N–H and O–H groups in total. The summed E-state index contributed by atoms with van der Waals surface area (Å²) in [6, 6.07) is 19.4. The fourth-order valence-corrected chi connectivity index (χ4v) is 4.36. The summed E-state index contributed by atoms with van der Waals surface area (Å²) < 4.78 is 0. The van der Waals surface area contributed by atoms with Gasteiger partial charge in [-0.05, 0) is 28.3 Å². The van der Waals surface area contributed by atoms with E-state index in [1.54, 1.807) is 5.20 Å². The molecule has 0 unspecified atom stereocenters. The minimum absolute atomic E-state index is 1.27. The molecular formula is C19H20Si. The van der Waals surface area contributed by atoms with Crippen molar-refractivity contribution in [2.24, 2.45) is 0 Å². The lowest BCUT2D eigenvalue weighted by Crippen LogP contribution is -2.21. The van der Waals surface area contributed by atoms with Gasteiger partial charge in [0.15, 0.2) is 0 Å². The Kier molecular flexibility index (Phi) is 3.23. The van der Waals surface area contributed by atoms with Crippen LogP contribution in [-0.4, -0.2) is 8.07 Å². The molecule has 3 rings (SSSR count). The standard InChI is InChI=1S/C19H20Si/c1-20(2,3)19-14-16(13-15-9-5-4-6-10-15)17-11-7-8-12-18(17)19/h4-14H,1-3H3. The summed E-state index contributed by atoms with van der Waals surface area (Å²) in [6.07, 6.45) is 4.70. The van der Waals surface area contributed by atoms with E-state index in [4.69, 9.17) is 0 Å². The van der Waals surface area contributed by atoms with Crippen molar-refractivity contribution in [3.05, 3.63) is 77.4 Å². The van der Waals surface area contributed by atoms with Gasteiger partial charge in [0.05, 0.1) is 8.07 Å². The minimum atomic E-state index is -1.31. The summed E-state index contributed by atoms with van der Waals surface area (Å²) in [5.74, 6) is 0. The Morgan fingerprint density at radius 1 is 0.750 bits per heavy atom. The Morgan fingerprint density at radius 3 is 2.00 bits per heavy atom. The molecule has 0 amide bonds. The van der Waals surface area contributed by atoms with Gasteiger partial charge in [-0.1, -0.05) is 85.5 Å². The van der Waals surface area contributed by atoms with E-state index in [0.29, 0.717) is 0 Å². The molecule has 1 aliphatic rings. The van der Waals surface area contributed by atoms with Gasteiger partial charge >= 0.3 is 0 Å². The van der Waals surface area contributed by atoms with Gasteiger partial charge in [-0.15, -0.1) is 0 Å². The molecule has 100 valence electrons. The zero-order chi connectivity index (χ0) is 14.2. The van der Waals surface area contributed by atoms with Gasteiger partial charge in [0.1, 0.15) is 0 Å². The second-order valence-corrected chi connectivity index (χ2v) is 11.4. The van der Waals surface area contributed by atoms with Crippen molar-refractivity contribution in [3.63, 3.8) is 0 Å². The van der Waals surface area contributed by atoms with Gasteiger partial charge in [0.2, 0.25) is 0 Å². The van der Waals surface area contributed by atoms with Crippen LogP contribution in [0.25, 0.3) is 16.8 Å². The Bertz CT molecular complexity index is 685. The fourth-order valence-electron chi connectivity index (χ4n) is 2.75. The molecule has 0 spiro atoms. The van der Waals surface area contributed by atoms with Crippen molar-refractivity contribution in [1.82, 2.24) is 0 Å². The van der Waals surface area contributed by atoms with Crippen LogP contribution in [0.3, 0.4) is 0 Å². The van der Waals surface area contributed by atoms with Gasteiger partial charge in [-0.3, -0.25) is 0 Å². The molecule has 1 heteroatoms. The molecule has 0 saturated heterocycles. The molecule has 2 aromatic carbocycles. The summed E-state index contributed by atoms with van der Waals surface area (Å²) in [6.45, 7) is 7.25. The van der Waals surface area contributed by atoms with E-state index in [9.17, 15) is 0 Å². The highest BCUT2D eigenvalue weighted by molar-refractivity contribution is 6.94. The quantitative estimate of drug-likeness (QED) is 0.635. The summed E-state index contributed by atoms with van der Waals surface area (Å²) in [7, 11) is -1.31. The molecular weight excluding hydrogens is 256 g/mol. The van der Waals surface area contributed by atoms with Crippen LogP contribution in [-0.2, 0) is 0 Å². The molecule has 0 heterocycles. The van der Waals surface area contributed by atoms with E-state index in [-0.39, 0.29) is 0 Å². The molecule has 20 heavy (non-hydrogen) atoms. The van der Waals surface area contributed by atoms with Gasteiger partial charge in [0, 0.05) is 0 Å². The molecule has 0 atom stereocenters. The van der Waals surface area contributed by atoms with Crippen LogP contribution >= 0.6 is 0 Å². The van der Waals surface area contributed by atoms with E-state index in [1.807, 2.05) is 0 Å². The number of fused-ring (bicyclic) bond motifs is 1. The summed E-state index contributed by atoms with van der Waals surface area (Å²) in [4.78, 5) is 0. The zero-order valence-corrected chi connectivity index (χ0v) is 13.4. The molecule has 0 aliphatic heterocycles. The lowest BCUT2D eigenvalue weighted by Gasteiger charge is -2.18. The van der Waals surface area contributed by atoms with Crippen molar-refractivity contribution in [2.45, 2.75) is 19.6 Å². The molecule has 0 saturated carbocycles. The van der Waals surface area contributed by atoms with E-state index >= 15 is 0 Å². The lowest BCUT2D eigenvalue weighted by atomic mass is 10.0. The third-order valence-corrected chi connectivity index (χ3v) is 5.79. The monoisotopic (exact) mass is 276 g/mol. The van der Waals surface area contributed by atoms with Crippen molar-refractivity contribution in [3.8, 4) is 0 Å². The third-order valence-electron chi connectivity index (χ3n) is 3.76. The van der Waals surface area contributed by atoms with Crippen LogP contribution in [0.5, 0.6) is 0 Å².